The Kier molecular flexibility index (Phi) is 3.92. The number of rotatable bonds is 3. The number of benzene rings is 2. The van der Waals surface area contributed by atoms with Crippen molar-refractivity contribution in [3.05, 3.63) is 86.6 Å². The monoisotopic (exact) mass is 345 g/mol. The minimum Gasteiger partial charge on any atom is -0.328 e. The minimum absolute atomic E-state index is 0.152. The Bertz CT molecular complexity index is 1240. The van der Waals surface area contributed by atoms with Crippen molar-refractivity contribution in [1.82, 2.24) is 14.1 Å². The van der Waals surface area contributed by atoms with Gasteiger partial charge in [0.25, 0.3) is 5.56 Å². The third-order valence-corrected chi connectivity index (χ3v) is 4.78. The first-order valence-electron chi connectivity index (χ1n) is 8.67. The van der Waals surface area contributed by atoms with Crippen LogP contribution in [0, 0.1) is 0 Å². The summed E-state index contributed by atoms with van der Waals surface area (Å²) in [7, 11) is 1.84. The molecule has 0 atom stereocenters. The lowest BCUT2D eigenvalue weighted by Gasteiger charge is -2.15. The average Bonchev–Trinajstić information content (AvgIpc) is 2.68. The smallest absolute Gasteiger partial charge is 0.267 e. The standard InChI is InChI=1S/C21H19N3O2/c1-3-17-22-20-18(19(25)15-11-7-8-12-16(15)23(20)2)21(26)24(17)13-14-9-5-4-6-10-14/h4-12H,3,13H2,1-2H3. The summed E-state index contributed by atoms with van der Waals surface area (Å²) in [5, 5.41) is 0.691. The van der Waals surface area contributed by atoms with Gasteiger partial charge in [-0.3, -0.25) is 14.2 Å². The van der Waals surface area contributed by atoms with Crippen LogP contribution in [0.1, 0.15) is 18.3 Å². The molecule has 0 unspecified atom stereocenters. The molecule has 0 aliphatic heterocycles. The Morgan fingerprint density at radius 3 is 2.38 bits per heavy atom. The molecule has 130 valence electrons. The molecule has 4 rings (SSSR count). The molecule has 0 N–H and O–H groups in total. The molecule has 0 saturated heterocycles. The number of pyridine rings is 1. The van der Waals surface area contributed by atoms with Crippen molar-refractivity contribution in [3.8, 4) is 0 Å². The summed E-state index contributed by atoms with van der Waals surface area (Å²) >= 11 is 0. The summed E-state index contributed by atoms with van der Waals surface area (Å²) < 4.78 is 3.45. The van der Waals surface area contributed by atoms with Crippen LogP contribution in [0.25, 0.3) is 21.9 Å². The molecule has 0 aliphatic carbocycles. The maximum absolute atomic E-state index is 13.2. The van der Waals surface area contributed by atoms with E-state index in [1.54, 1.807) is 10.6 Å². The summed E-state index contributed by atoms with van der Waals surface area (Å²) in [6.07, 6.45) is 0.610. The van der Waals surface area contributed by atoms with E-state index in [1.807, 2.05) is 67.1 Å². The lowest BCUT2D eigenvalue weighted by molar-refractivity contribution is 0.681. The highest BCUT2D eigenvalue weighted by Gasteiger charge is 2.17. The Labute approximate surface area is 150 Å². The second kappa shape index (κ2) is 6.26. The van der Waals surface area contributed by atoms with Gasteiger partial charge >= 0.3 is 0 Å². The molecular weight excluding hydrogens is 326 g/mol. The van der Waals surface area contributed by atoms with E-state index in [2.05, 4.69) is 4.98 Å². The number of aryl methyl sites for hydroxylation is 2. The van der Waals surface area contributed by atoms with Gasteiger partial charge in [0.05, 0.1) is 12.1 Å². The van der Waals surface area contributed by atoms with E-state index in [4.69, 9.17) is 0 Å². The second-order valence-corrected chi connectivity index (χ2v) is 6.36. The van der Waals surface area contributed by atoms with Crippen molar-refractivity contribution in [2.24, 2.45) is 7.05 Å². The zero-order chi connectivity index (χ0) is 18.3. The van der Waals surface area contributed by atoms with Crippen LogP contribution < -0.4 is 11.0 Å². The summed E-state index contributed by atoms with van der Waals surface area (Å²) in [4.78, 5) is 30.9. The van der Waals surface area contributed by atoms with Gasteiger partial charge in [0.1, 0.15) is 11.2 Å². The van der Waals surface area contributed by atoms with Gasteiger partial charge in [-0.1, -0.05) is 49.4 Å². The van der Waals surface area contributed by atoms with Crippen molar-refractivity contribution in [2.75, 3.05) is 0 Å². The Morgan fingerprint density at radius 1 is 0.962 bits per heavy atom. The normalized spacial score (nSPS) is 11.3. The van der Waals surface area contributed by atoms with Crippen LogP contribution in [0.2, 0.25) is 0 Å². The van der Waals surface area contributed by atoms with E-state index < -0.39 is 0 Å². The molecule has 0 aliphatic rings. The van der Waals surface area contributed by atoms with Gasteiger partial charge in [0.15, 0.2) is 5.65 Å². The molecule has 0 amide bonds. The molecule has 0 saturated carbocycles. The largest absolute Gasteiger partial charge is 0.328 e. The molecule has 2 aromatic heterocycles. The molecule has 26 heavy (non-hydrogen) atoms. The number of aromatic nitrogens is 3. The van der Waals surface area contributed by atoms with E-state index in [0.29, 0.717) is 29.8 Å². The molecule has 0 fully saturated rings. The lowest BCUT2D eigenvalue weighted by atomic mass is 10.1. The van der Waals surface area contributed by atoms with Crippen LogP contribution in [-0.4, -0.2) is 14.1 Å². The predicted molar refractivity (Wildman–Crippen MR) is 104 cm³/mol. The van der Waals surface area contributed by atoms with E-state index in [-0.39, 0.29) is 16.4 Å². The fraction of sp³-hybridized carbons (Fsp3) is 0.190. The number of nitrogens with zero attached hydrogens (tertiary/aromatic N) is 3. The van der Waals surface area contributed by atoms with Crippen LogP contribution in [0.3, 0.4) is 0 Å². The van der Waals surface area contributed by atoms with Gasteiger partial charge in [-0.05, 0) is 17.7 Å². The van der Waals surface area contributed by atoms with Crippen LogP contribution in [-0.2, 0) is 20.0 Å². The molecule has 0 bridgehead atoms. The quantitative estimate of drug-likeness (QED) is 0.537. The molecule has 4 aromatic rings. The SMILES string of the molecule is CCc1nc2c(c(=O)c3ccccc3n2C)c(=O)n1Cc1ccccc1. The van der Waals surface area contributed by atoms with Crippen molar-refractivity contribution in [1.29, 1.82) is 0 Å². The highest BCUT2D eigenvalue weighted by molar-refractivity contribution is 5.91. The Morgan fingerprint density at radius 2 is 1.65 bits per heavy atom. The fourth-order valence-electron chi connectivity index (χ4n) is 3.43. The maximum Gasteiger partial charge on any atom is 0.267 e. The molecule has 5 nitrogen and oxygen atoms in total. The third-order valence-electron chi connectivity index (χ3n) is 4.78. The highest BCUT2D eigenvalue weighted by Crippen LogP contribution is 2.15. The first kappa shape index (κ1) is 16.3. The molecule has 2 heterocycles. The summed E-state index contributed by atoms with van der Waals surface area (Å²) in [6, 6.07) is 17.1. The van der Waals surface area contributed by atoms with Gasteiger partial charge in [-0.25, -0.2) is 4.98 Å². The van der Waals surface area contributed by atoms with Crippen molar-refractivity contribution >= 4 is 21.9 Å². The number of fused-ring (bicyclic) bond motifs is 2. The summed E-state index contributed by atoms with van der Waals surface area (Å²) in [5.41, 5.74) is 1.69. The summed E-state index contributed by atoms with van der Waals surface area (Å²) in [6.45, 7) is 2.37. The van der Waals surface area contributed by atoms with E-state index in [1.165, 1.54) is 0 Å². The molecular formula is C21H19N3O2. The first-order valence-corrected chi connectivity index (χ1v) is 8.67. The topological polar surface area (TPSA) is 56.9 Å². The van der Waals surface area contributed by atoms with Crippen LogP contribution in [0.5, 0.6) is 0 Å². The van der Waals surface area contributed by atoms with Gasteiger partial charge in [-0.2, -0.15) is 0 Å². The Balaban J connectivity index is 2.10. The second-order valence-electron chi connectivity index (χ2n) is 6.36. The van der Waals surface area contributed by atoms with Gasteiger partial charge in [0, 0.05) is 18.9 Å². The highest BCUT2D eigenvalue weighted by atomic mass is 16.1. The average molecular weight is 345 g/mol. The van der Waals surface area contributed by atoms with E-state index in [9.17, 15) is 9.59 Å². The van der Waals surface area contributed by atoms with E-state index >= 15 is 0 Å². The summed E-state index contributed by atoms with van der Waals surface area (Å²) in [5.74, 6) is 0.677. The molecule has 5 heteroatoms. The number of para-hydroxylation sites is 1. The third kappa shape index (κ3) is 2.44. The fourth-order valence-corrected chi connectivity index (χ4v) is 3.43. The number of hydrogen-bond donors (Lipinski definition) is 0. The Hall–Kier alpha value is -3.21. The first-order chi connectivity index (χ1) is 12.6. The zero-order valence-corrected chi connectivity index (χ0v) is 14.8. The van der Waals surface area contributed by atoms with Gasteiger partial charge in [-0.15, -0.1) is 0 Å². The van der Waals surface area contributed by atoms with Crippen LogP contribution in [0.4, 0.5) is 0 Å². The predicted octanol–water partition coefficient (Wildman–Crippen LogP) is 2.86. The molecule has 2 aromatic carbocycles. The molecule has 0 spiro atoms. The van der Waals surface area contributed by atoms with Crippen LogP contribution in [0.15, 0.2) is 64.2 Å². The van der Waals surface area contributed by atoms with Gasteiger partial charge < -0.3 is 4.57 Å². The van der Waals surface area contributed by atoms with Crippen molar-refractivity contribution in [3.63, 3.8) is 0 Å². The minimum atomic E-state index is -0.276. The molecule has 0 radical (unpaired) electrons. The lowest BCUT2D eigenvalue weighted by Crippen LogP contribution is -2.30. The van der Waals surface area contributed by atoms with E-state index in [0.717, 1.165) is 11.1 Å². The van der Waals surface area contributed by atoms with Crippen molar-refractivity contribution in [2.45, 2.75) is 19.9 Å². The number of hydrogen-bond acceptors (Lipinski definition) is 3. The van der Waals surface area contributed by atoms with Gasteiger partial charge in [0.2, 0.25) is 5.43 Å². The maximum atomic E-state index is 13.2. The van der Waals surface area contributed by atoms with Crippen molar-refractivity contribution < 1.29 is 0 Å². The van der Waals surface area contributed by atoms with Crippen LogP contribution >= 0.6 is 0 Å². The zero-order valence-electron chi connectivity index (χ0n) is 14.8.